The molecule has 0 fully saturated rings. The summed E-state index contributed by atoms with van der Waals surface area (Å²) in [6.07, 6.45) is 2.30. The lowest BCUT2D eigenvalue weighted by atomic mass is 10.1. The number of hydrogen-bond acceptors (Lipinski definition) is 7. The first-order valence-electron chi connectivity index (χ1n) is 12.1. The van der Waals surface area contributed by atoms with Crippen molar-refractivity contribution in [2.24, 2.45) is 0 Å². The minimum Gasteiger partial charge on any atom is -0.427 e. The number of hydrogen-bond donors (Lipinski definition) is 1. The zero-order valence-electron chi connectivity index (χ0n) is 21.3. The molecule has 0 aliphatic rings. The Kier molecular flexibility index (Phi) is 7.95. The van der Waals surface area contributed by atoms with Gasteiger partial charge >= 0.3 is 13.6 Å². The molecule has 200 valence electrons. The molecule has 2 aromatic heterocycles. The smallest absolute Gasteiger partial charge is 0.334 e. The van der Waals surface area contributed by atoms with E-state index >= 15 is 0 Å². The number of nitrogens with one attached hydrogen (secondary N) is 1. The standard InChI is InChI=1S/C28H26ClN4O5P/c1-36-39(35,37-2)17-19-7-13-22(14-8-19)31-26(34)16-15-25-27(20-9-11-21(29)12-10-20)32-28(38-25)33-18-30-23-5-3-4-6-24(23)33/h3-14,18H,15-17H2,1-2H3,(H,31,34). The lowest BCUT2D eigenvalue weighted by molar-refractivity contribution is -0.116. The van der Waals surface area contributed by atoms with Crippen molar-refractivity contribution in [2.45, 2.75) is 19.0 Å². The van der Waals surface area contributed by atoms with Gasteiger partial charge in [-0.15, -0.1) is 0 Å². The van der Waals surface area contributed by atoms with Crippen LogP contribution < -0.4 is 5.32 Å². The van der Waals surface area contributed by atoms with Gasteiger partial charge in [-0.05, 0) is 42.0 Å². The van der Waals surface area contributed by atoms with Crippen LogP contribution in [0, 0.1) is 0 Å². The average molecular weight is 565 g/mol. The van der Waals surface area contributed by atoms with E-state index in [1.807, 2.05) is 36.4 Å². The van der Waals surface area contributed by atoms with Gasteiger partial charge in [0.15, 0.2) is 0 Å². The van der Waals surface area contributed by atoms with E-state index in [9.17, 15) is 9.36 Å². The summed E-state index contributed by atoms with van der Waals surface area (Å²) >= 11 is 6.09. The number of carbonyl (C=O) groups is 1. The first kappa shape index (κ1) is 26.8. The molecule has 0 aliphatic carbocycles. The number of anilines is 1. The second kappa shape index (κ2) is 11.6. The van der Waals surface area contributed by atoms with Gasteiger partial charge in [0.2, 0.25) is 5.91 Å². The average Bonchev–Trinajstić information content (AvgIpc) is 3.58. The third-order valence-corrected chi connectivity index (χ3v) is 8.33. The number of imidazole rings is 1. The molecule has 11 heteroatoms. The van der Waals surface area contributed by atoms with Crippen LogP contribution in [-0.4, -0.2) is 34.7 Å². The van der Waals surface area contributed by atoms with Crippen LogP contribution in [0.4, 0.5) is 5.69 Å². The van der Waals surface area contributed by atoms with Crippen molar-refractivity contribution < 1.29 is 22.8 Å². The molecule has 39 heavy (non-hydrogen) atoms. The normalized spacial score (nSPS) is 11.7. The largest absolute Gasteiger partial charge is 0.427 e. The third-order valence-electron chi connectivity index (χ3n) is 6.21. The molecule has 0 radical (unpaired) electrons. The maximum atomic E-state index is 12.8. The maximum Gasteiger partial charge on any atom is 0.334 e. The van der Waals surface area contributed by atoms with Gasteiger partial charge < -0.3 is 18.8 Å². The summed E-state index contributed by atoms with van der Waals surface area (Å²) in [6, 6.07) is 22.4. The number of carbonyl (C=O) groups excluding carboxylic acids is 1. The summed E-state index contributed by atoms with van der Waals surface area (Å²) in [7, 11) is -0.463. The zero-order chi connectivity index (χ0) is 27.4. The SMILES string of the molecule is COP(=O)(Cc1ccc(NC(=O)CCc2oc(-n3cnc4ccccc43)nc2-c2ccc(Cl)cc2)cc1)OC. The van der Waals surface area contributed by atoms with Crippen molar-refractivity contribution in [1.29, 1.82) is 0 Å². The molecule has 0 atom stereocenters. The van der Waals surface area contributed by atoms with Gasteiger partial charge in [-0.2, -0.15) is 4.98 Å². The molecular weight excluding hydrogens is 539 g/mol. The van der Waals surface area contributed by atoms with Crippen LogP contribution in [0.25, 0.3) is 28.3 Å². The highest BCUT2D eigenvalue weighted by Crippen LogP contribution is 2.49. The number of aryl methyl sites for hydroxylation is 1. The van der Waals surface area contributed by atoms with Crippen molar-refractivity contribution in [3.63, 3.8) is 0 Å². The number of aromatic nitrogens is 3. The lowest BCUT2D eigenvalue weighted by Crippen LogP contribution is -2.12. The van der Waals surface area contributed by atoms with E-state index < -0.39 is 7.60 Å². The summed E-state index contributed by atoms with van der Waals surface area (Å²) in [4.78, 5) is 22.0. The number of halogens is 1. The van der Waals surface area contributed by atoms with Crippen LogP contribution in [-0.2, 0) is 31.0 Å². The predicted molar refractivity (Wildman–Crippen MR) is 150 cm³/mol. The van der Waals surface area contributed by atoms with Crippen molar-refractivity contribution in [3.8, 4) is 17.3 Å². The van der Waals surface area contributed by atoms with E-state index in [2.05, 4.69) is 10.3 Å². The molecule has 9 nitrogen and oxygen atoms in total. The fourth-order valence-electron chi connectivity index (χ4n) is 4.13. The van der Waals surface area contributed by atoms with Gasteiger partial charge in [0, 0.05) is 43.3 Å². The Hall–Kier alpha value is -3.75. The molecular formula is C28H26ClN4O5P. The Bertz CT molecular complexity index is 1640. The molecule has 0 unspecified atom stereocenters. The number of oxazole rings is 1. The summed E-state index contributed by atoms with van der Waals surface area (Å²) in [6.45, 7) is 0. The molecule has 1 amide bonds. The van der Waals surface area contributed by atoms with E-state index in [1.54, 1.807) is 47.3 Å². The highest BCUT2D eigenvalue weighted by Gasteiger charge is 2.22. The molecule has 0 aliphatic heterocycles. The first-order chi connectivity index (χ1) is 18.9. The van der Waals surface area contributed by atoms with Crippen LogP contribution in [0.3, 0.4) is 0 Å². The van der Waals surface area contributed by atoms with Gasteiger partial charge in [0.25, 0.3) is 0 Å². The van der Waals surface area contributed by atoms with E-state index in [-0.39, 0.29) is 18.5 Å². The van der Waals surface area contributed by atoms with Crippen LogP contribution >= 0.6 is 19.2 Å². The van der Waals surface area contributed by atoms with Gasteiger partial charge in [0.05, 0.1) is 17.2 Å². The van der Waals surface area contributed by atoms with Crippen LogP contribution in [0.2, 0.25) is 5.02 Å². The molecule has 5 aromatic rings. The molecule has 1 N–H and O–H groups in total. The number of nitrogens with zero attached hydrogens (tertiary/aromatic N) is 3. The second-order valence-electron chi connectivity index (χ2n) is 8.76. The molecule has 0 saturated heterocycles. The van der Waals surface area contributed by atoms with E-state index in [0.717, 1.165) is 22.2 Å². The molecule has 0 spiro atoms. The minimum absolute atomic E-state index is 0.141. The van der Waals surface area contributed by atoms with Crippen molar-refractivity contribution >= 4 is 41.8 Å². The molecule has 3 aromatic carbocycles. The van der Waals surface area contributed by atoms with Gasteiger partial charge in [-0.25, -0.2) is 4.98 Å². The Labute approximate surface area is 230 Å². The molecule has 0 bridgehead atoms. The van der Waals surface area contributed by atoms with Gasteiger partial charge in [0.1, 0.15) is 17.8 Å². The third kappa shape index (κ3) is 6.13. The highest BCUT2D eigenvalue weighted by molar-refractivity contribution is 7.52. The number of benzene rings is 3. The zero-order valence-corrected chi connectivity index (χ0v) is 23.0. The van der Waals surface area contributed by atoms with Gasteiger partial charge in [-0.1, -0.05) is 48.0 Å². The quantitative estimate of drug-likeness (QED) is 0.184. The van der Waals surface area contributed by atoms with E-state index in [4.69, 9.17) is 30.0 Å². The molecule has 2 heterocycles. The van der Waals surface area contributed by atoms with Crippen LogP contribution in [0.1, 0.15) is 17.7 Å². The Morgan fingerprint density at radius 1 is 1.03 bits per heavy atom. The monoisotopic (exact) mass is 564 g/mol. The van der Waals surface area contributed by atoms with E-state index in [1.165, 1.54) is 14.2 Å². The highest BCUT2D eigenvalue weighted by atomic mass is 35.5. The topological polar surface area (TPSA) is 108 Å². The van der Waals surface area contributed by atoms with Crippen molar-refractivity contribution in [3.05, 3.63) is 95.5 Å². The van der Waals surface area contributed by atoms with Crippen molar-refractivity contribution in [1.82, 2.24) is 14.5 Å². The summed E-state index contributed by atoms with van der Waals surface area (Å²) in [5.74, 6) is 0.390. The maximum absolute atomic E-state index is 12.8. The van der Waals surface area contributed by atoms with Crippen LogP contribution in [0.15, 0.2) is 83.5 Å². The fraction of sp³-hybridized carbons (Fsp3) is 0.179. The minimum atomic E-state index is -3.17. The Morgan fingerprint density at radius 3 is 2.46 bits per heavy atom. The first-order valence-corrected chi connectivity index (χ1v) is 14.3. The number of amides is 1. The van der Waals surface area contributed by atoms with Crippen molar-refractivity contribution in [2.75, 3.05) is 19.5 Å². The predicted octanol–water partition coefficient (Wildman–Crippen LogP) is 6.89. The van der Waals surface area contributed by atoms with Gasteiger partial charge in [-0.3, -0.25) is 13.9 Å². The number of fused-ring (bicyclic) bond motifs is 1. The number of rotatable bonds is 10. The Morgan fingerprint density at radius 2 is 1.74 bits per heavy atom. The number of para-hydroxylation sites is 2. The summed E-state index contributed by atoms with van der Waals surface area (Å²) in [5.41, 5.74) is 4.54. The second-order valence-corrected chi connectivity index (χ2v) is 11.5. The molecule has 5 rings (SSSR count). The molecule has 0 saturated carbocycles. The summed E-state index contributed by atoms with van der Waals surface area (Å²) < 4.78 is 30.3. The Balaban J connectivity index is 1.33. The van der Waals surface area contributed by atoms with E-state index in [0.29, 0.717) is 34.6 Å². The summed E-state index contributed by atoms with van der Waals surface area (Å²) in [5, 5.41) is 3.50. The van der Waals surface area contributed by atoms with Crippen LogP contribution in [0.5, 0.6) is 0 Å². The lowest BCUT2D eigenvalue weighted by Gasteiger charge is -2.13. The fourth-order valence-corrected chi connectivity index (χ4v) is 5.32.